The van der Waals surface area contributed by atoms with Gasteiger partial charge in [-0.15, -0.1) is 13.2 Å². The Labute approximate surface area is 115 Å². The third-order valence-corrected chi connectivity index (χ3v) is 2.28. The normalized spacial score (nSPS) is 10.8. The highest BCUT2D eigenvalue weighted by molar-refractivity contribution is 5.44. The van der Waals surface area contributed by atoms with Crippen LogP contribution in [0.4, 0.5) is 13.2 Å². The molecule has 1 aromatic carbocycles. The summed E-state index contributed by atoms with van der Waals surface area (Å²) in [4.78, 5) is 0. The van der Waals surface area contributed by atoms with Crippen molar-refractivity contribution in [2.75, 3.05) is 19.8 Å². The number of alkyl halides is 3. The molecule has 0 saturated heterocycles. The van der Waals surface area contributed by atoms with Crippen molar-refractivity contribution in [3.05, 3.63) is 29.3 Å². The zero-order valence-electron chi connectivity index (χ0n) is 11.0. The van der Waals surface area contributed by atoms with Gasteiger partial charge < -0.3 is 9.84 Å². The summed E-state index contributed by atoms with van der Waals surface area (Å²) in [5.41, 5.74) is 1.64. The van der Waals surface area contributed by atoms with Crippen LogP contribution in [-0.2, 0) is 4.74 Å². The van der Waals surface area contributed by atoms with E-state index in [0.29, 0.717) is 12.2 Å². The molecule has 1 rings (SSSR count). The summed E-state index contributed by atoms with van der Waals surface area (Å²) in [7, 11) is 0. The van der Waals surface area contributed by atoms with Crippen molar-refractivity contribution in [2.24, 2.45) is 0 Å². The number of aliphatic hydroxyl groups is 1. The maximum Gasteiger partial charge on any atom is 0.522 e. The Hall–Kier alpha value is -1.71. The standard InChI is InChI=1S/C14H15F3O3/c1-11-10-13(19-8-9-20-14(15,16)17)6-5-12(11)4-2-3-7-18/h5-6,10,18H,3,7-9H2,1H3. The number of halogens is 3. The SMILES string of the molecule is Cc1cc(OCCOC(F)(F)F)ccc1C#CCCO. The number of hydrogen-bond donors (Lipinski definition) is 1. The Balaban J connectivity index is 2.50. The Morgan fingerprint density at radius 3 is 2.60 bits per heavy atom. The van der Waals surface area contributed by atoms with E-state index in [4.69, 9.17) is 9.84 Å². The highest BCUT2D eigenvalue weighted by Crippen LogP contribution is 2.18. The molecule has 3 nitrogen and oxygen atoms in total. The van der Waals surface area contributed by atoms with Crippen LogP contribution in [0.3, 0.4) is 0 Å². The summed E-state index contributed by atoms with van der Waals surface area (Å²) in [6.07, 6.45) is -4.24. The van der Waals surface area contributed by atoms with Gasteiger partial charge >= 0.3 is 6.36 Å². The van der Waals surface area contributed by atoms with Crippen molar-refractivity contribution < 1.29 is 27.8 Å². The molecule has 20 heavy (non-hydrogen) atoms. The van der Waals surface area contributed by atoms with Crippen LogP contribution in [0.5, 0.6) is 5.75 Å². The van der Waals surface area contributed by atoms with Crippen LogP contribution >= 0.6 is 0 Å². The molecule has 0 unspecified atom stereocenters. The highest BCUT2D eigenvalue weighted by atomic mass is 19.4. The van der Waals surface area contributed by atoms with Gasteiger partial charge in [-0.2, -0.15) is 0 Å². The average molecular weight is 288 g/mol. The van der Waals surface area contributed by atoms with E-state index in [1.807, 2.05) is 6.92 Å². The molecule has 110 valence electrons. The van der Waals surface area contributed by atoms with Crippen LogP contribution in [-0.4, -0.2) is 31.3 Å². The number of benzene rings is 1. The van der Waals surface area contributed by atoms with Gasteiger partial charge in [0.15, 0.2) is 0 Å². The van der Waals surface area contributed by atoms with E-state index in [-0.39, 0.29) is 13.2 Å². The minimum atomic E-state index is -4.63. The summed E-state index contributed by atoms with van der Waals surface area (Å²) >= 11 is 0. The van der Waals surface area contributed by atoms with Crippen molar-refractivity contribution >= 4 is 0 Å². The molecule has 0 heterocycles. The lowest BCUT2D eigenvalue weighted by atomic mass is 10.1. The number of hydrogen-bond acceptors (Lipinski definition) is 3. The number of aryl methyl sites for hydroxylation is 1. The lowest BCUT2D eigenvalue weighted by Crippen LogP contribution is -2.18. The van der Waals surface area contributed by atoms with Gasteiger partial charge in [-0.1, -0.05) is 11.8 Å². The summed E-state index contributed by atoms with van der Waals surface area (Å²) in [6, 6.07) is 5.04. The van der Waals surface area contributed by atoms with Crippen molar-refractivity contribution in [1.82, 2.24) is 0 Å². The molecule has 0 atom stereocenters. The van der Waals surface area contributed by atoms with E-state index < -0.39 is 13.0 Å². The molecule has 0 amide bonds. The van der Waals surface area contributed by atoms with Crippen molar-refractivity contribution in [3.8, 4) is 17.6 Å². The fourth-order valence-electron chi connectivity index (χ4n) is 1.40. The van der Waals surface area contributed by atoms with E-state index in [0.717, 1.165) is 11.1 Å². The zero-order chi connectivity index (χ0) is 15.0. The van der Waals surface area contributed by atoms with E-state index in [2.05, 4.69) is 16.6 Å². The Kier molecular flexibility index (Phi) is 6.36. The second-order valence-electron chi connectivity index (χ2n) is 3.89. The molecule has 0 aromatic heterocycles. The zero-order valence-corrected chi connectivity index (χ0v) is 11.0. The minimum Gasteiger partial charge on any atom is -0.491 e. The third-order valence-electron chi connectivity index (χ3n) is 2.28. The van der Waals surface area contributed by atoms with Gasteiger partial charge in [0.25, 0.3) is 0 Å². The second kappa shape index (κ2) is 7.78. The van der Waals surface area contributed by atoms with Gasteiger partial charge in [-0.25, -0.2) is 0 Å². The first-order valence-corrected chi connectivity index (χ1v) is 5.96. The lowest BCUT2D eigenvalue weighted by molar-refractivity contribution is -0.325. The Bertz CT molecular complexity index is 487. The van der Waals surface area contributed by atoms with E-state index in [9.17, 15) is 13.2 Å². The maximum atomic E-state index is 11.7. The first kappa shape index (κ1) is 16.3. The summed E-state index contributed by atoms with van der Waals surface area (Å²) in [5, 5.41) is 8.62. The lowest BCUT2D eigenvalue weighted by Gasteiger charge is -2.09. The predicted molar refractivity (Wildman–Crippen MR) is 67.3 cm³/mol. The highest BCUT2D eigenvalue weighted by Gasteiger charge is 2.28. The van der Waals surface area contributed by atoms with Crippen molar-refractivity contribution in [2.45, 2.75) is 19.7 Å². The Morgan fingerprint density at radius 1 is 1.25 bits per heavy atom. The largest absolute Gasteiger partial charge is 0.522 e. The van der Waals surface area contributed by atoms with E-state index >= 15 is 0 Å². The smallest absolute Gasteiger partial charge is 0.491 e. The molecule has 0 saturated carbocycles. The molecule has 6 heteroatoms. The van der Waals surface area contributed by atoms with E-state index in [1.165, 1.54) is 0 Å². The molecular weight excluding hydrogens is 273 g/mol. The molecule has 0 aliphatic heterocycles. The molecule has 1 aromatic rings. The number of ether oxygens (including phenoxy) is 2. The first-order chi connectivity index (χ1) is 9.42. The number of aliphatic hydroxyl groups excluding tert-OH is 1. The van der Waals surface area contributed by atoms with Gasteiger partial charge in [0.2, 0.25) is 0 Å². The van der Waals surface area contributed by atoms with Gasteiger partial charge in [-0.05, 0) is 30.7 Å². The average Bonchev–Trinajstić information content (AvgIpc) is 2.36. The maximum absolute atomic E-state index is 11.7. The third kappa shape index (κ3) is 6.45. The van der Waals surface area contributed by atoms with Crippen LogP contribution in [0.1, 0.15) is 17.5 Å². The summed E-state index contributed by atoms with van der Waals surface area (Å²) in [5.74, 6) is 6.14. The van der Waals surface area contributed by atoms with Gasteiger partial charge in [0.05, 0.1) is 13.2 Å². The molecule has 0 fully saturated rings. The van der Waals surface area contributed by atoms with Gasteiger partial charge in [-0.3, -0.25) is 4.74 Å². The molecule has 0 aliphatic rings. The van der Waals surface area contributed by atoms with Crippen molar-refractivity contribution in [1.29, 1.82) is 0 Å². The monoisotopic (exact) mass is 288 g/mol. The summed E-state index contributed by atoms with van der Waals surface area (Å²) < 4.78 is 44.0. The first-order valence-electron chi connectivity index (χ1n) is 5.96. The molecule has 0 aliphatic carbocycles. The summed E-state index contributed by atoms with van der Waals surface area (Å²) in [6.45, 7) is 1.09. The number of rotatable bonds is 5. The molecule has 0 radical (unpaired) electrons. The molecular formula is C14H15F3O3. The molecule has 1 N–H and O–H groups in total. The molecule has 0 bridgehead atoms. The Morgan fingerprint density at radius 2 is 2.00 bits per heavy atom. The molecule has 0 spiro atoms. The van der Waals surface area contributed by atoms with Gasteiger partial charge in [0, 0.05) is 12.0 Å². The predicted octanol–water partition coefficient (Wildman–Crippen LogP) is 2.64. The van der Waals surface area contributed by atoms with E-state index in [1.54, 1.807) is 18.2 Å². The second-order valence-corrected chi connectivity index (χ2v) is 3.89. The van der Waals surface area contributed by atoms with Crippen LogP contribution in [0.25, 0.3) is 0 Å². The minimum absolute atomic E-state index is 0.00640. The van der Waals surface area contributed by atoms with Crippen LogP contribution < -0.4 is 4.74 Å². The quantitative estimate of drug-likeness (QED) is 0.668. The van der Waals surface area contributed by atoms with Crippen LogP contribution in [0, 0.1) is 18.8 Å². The fourth-order valence-corrected chi connectivity index (χ4v) is 1.40. The van der Waals surface area contributed by atoms with Crippen molar-refractivity contribution in [3.63, 3.8) is 0 Å². The van der Waals surface area contributed by atoms with Crippen LogP contribution in [0.15, 0.2) is 18.2 Å². The topological polar surface area (TPSA) is 38.7 Å². The van der Waals surface area contributed by atoms with Gasteiger partial charge in [0.1, 0.15) is 12.4 Å². The van der Waals surface area contributed by atoms with Crippen LogP contribution in [0.2, 0.25) is 0 Å². The fraction of sp³-hybridized carbons (Fsp3) is 0.429.